The van der Waals surface area contributed by atoms with Crippen LogP contribution in [0.1, 0.15) is 13.8 Å². The van der Waals surface area contributed by atoms with Crippen molar-refractivity contribution < 1.29 is 0 Å². The molecular weight excluding hydrogens is 146 g/mol. The molecule has 0 aromatic rings. The fraction of sp³-hybridized carbons (Fsp3) is 0.833. The van der Waals surface area contributed by atoms with Gasteiger partial charge in [0.15, 0.2) is 5.11 Å². The van der Waals surface area contributed by atoms with Gasteiger partial charge in [-0.05, 0) is 25.3 Å². The molecule has 0 aliphatic heterocycles. The van der Waals surface area contributed by atoms with Crippen LogP contribution < -0.4 is 11.1 Å². The van der Waals surface area contributed by atoms with Gasteiger partial charge in [-0.25, -0.2) is 0 Å². The Hall–Kier alpha value is -0.350. The number of hydrogen-bond acceptors (Lipinski definition) is 2. The molecule has 10 heavy (non-hydrogen) atoms. The van der Waals surface area contributed by atoms with Crippen molar-refractivity contribution in [3.63, 3.8) is 0 Å². The van der Waals surface area contributed by atoms with E-state index in [0.29, 0.717) is 5.11 Å². The van der Waals surface area contributed by atoms with Crippen LogP contribution in [0.15, 0.2) is 0 Å². The van der Waals surface area contributed by atoms with Gasteiger partial charge in [-0.15, -0.1) is 0 Å². The zero-order chi connectivity index (χ0) is 7.98. The normalized spacial score (nSPS) is 9.90. The van der Waals surface area contributed by atoms with Crippen LogP contribution in [0, 0.1) is 0 Å². The first-order chi connectivity index (χ1) is 4.70. The van der Waals surface area contributed by atoms with Crippen molar-refractivity contribution in [2.45, 2.75) is 13.8 Å². The minimum Gasteiger partial charge on any atom is -0.376 e. The van der Waals surface area contributed by atoms with Gasteiger partial charge in [-0.3, -0.25) is 4.90 Å². The van der Waals surface area contributed by atoms with Gasteiger partial charge in [0.05, 0.1) is 6.67 Å². The number of hydrogen-bond donors (Lipinski definition) is 2. The van der Waals surface area contributed by atoms with Crippen LogP contribution in [0.4, 0.5) is 0 Å². The van der Waals surface area contributed by atoms with Gasteiger partial charge in [0.2, 0.25) is 0 Å². The standard InChI is InChI=1S/C6H15N3S/c1-3-9(4-2)5-8-6(7)10/h3-5H2,1-2H3,(H3,7,8,10). The first kappa shape index (κ1) is 9.65. The van der Waals surface area contributed by atoms with Gasteiger partial charge < -0.3 is 11.1 Å². The molecule has 0 heterocycles. The molecule has 0 bridgehead atoms. The van der Waals surface area contributed by atoms with E-state index in [-0.39, 0.29) is 0 Å². The maximum absolute atomic E-state index is 5.24. The molecule has 0 aromatic carbocycles. The second-order valence-corrected chi connectivity index (χ2v) is 2.44. The van der Waals surface area contributed by atoms with E-state index in [2.05, 4.69) is 36.3 Å². The van der Waals surface area contributed by atoms with E-state index < -0.39 is 0 Å². The molecule has 0 aliphatic carbocycles. The molecule has 4 heteroatoms. The summed E-state index contributed by atoms with van der Waals surface area (Å²) < 4.78 is 0. The van der Waals surface area contributed by atoms with Crippen molar-refractivity contribution in [2.24, 2.45) is 5.73 Å². The second kappa shape index (κ2) is 5.44. The van der Waals surface area contributed by atoms with Crippen molar-refractivity contribution in [1.29, 1.82) is 0 Å². The highest BCUT2D eigenvalue weighted by Gasteiger charge is 1.95. The molecule has 0 fully saturated rings. The third-order valence-electron chi connectivity index (χ3n) is 1.37. The predicted octanol–water partition coefficient (Wildman–Crippen LogP) is 0.119. The van der Waals surface area contributed by atoms with Crippen molar-refractivity contribution >= 4 is 17.3 Å². The van der Waals surface area contributed by atoms with Gasteiger partial charge in [0, 0.05) is 0 Å². The average molecular weight is 161 g/mol. The van der Waals surface area contributed by atoms with E-state index in [1.807, 2.05) is 0 Å². The fourth-order valence-electron chi connectivity index (χ4n) is 0.637. The predicted molar refractivity (Wildman–Crippen MR) is 47.7 cm³/mol. The number of nitrogens with two attached hydrogens (primary N) is 1. The molecule has 60 valence electrons. The number of nitrogens with one attached hydrogen (secondary N) is 1. The number of rotatable bonds is 4. The maximum atomic E-state index is 5.24. The summed E-state index contributed by atoms with van der Waals surface area (Å²) in [5.74, 6) is 0. The first-order valence-electron chi connectivity index (χ1n) is 3.46. The van der Waals surface area contributed by atoms with Crippen molar-refractivity contribution in [3.8, 4) is 0 Å². The van der Waals surface area contributed by atoms with E-state index in [9.17, 15) is 0 Å². The molecule has 0 aromatic heterocycles. The van der Waals surface area contributed by atoms with Crippen LogP contribution in [-0.4, -0.2) is 29.8 Å². The monoisotopic (exact) mass is 161 g/mol. The highest BCUT2D eigenvalue weighted by atomic mass is 32.1. The van der Waals surface area contributed by atoms with Gasteiger partial charge in [-0.1, -0.05) is 13.8 Å². The van der Waals surface area contributed by atoms with Crippen molar-refractivity contribution in [1.82, 2.24) is 10.2 Å². The minimum atomic E-state index is 0.368. The van der Waals surface area contributed by atoms with Crippen LogP contribution in [0.2, 0.25) is 0 Å². The SMILES string of the molecule is CCN(CC)CNC(N)=S. The molecule has 0 saturated heterocycles. The molecular formula is C6H15N3S. The summed E-state index contributed by atoms with van der Waals surface area (Å²) in [6.07, 6.45) is 0. The summed E-state index contributed by atoms with van der Waals surface area (Å²) in [6.45, 7) is 7.00. The van der Waals surface area contributed by atoms with E-state index in [0.717, 1.165) is 19.8 Å². The molecule has 0 aliphatic rings. The quantitative estimate of drug-likeness (QED) is 0.454. The van der Waals surface area contributed by atoms with Crippen LogP contribution in [0.3, 0.4) is 0 Å². The van der Waals surface area contributed by atoms with Crippen molar-refractivity contribution in [3.05, 3.63) is 0 Å². The Morgan fingerprint density at radius 1 is 1.50 bits per heavy atom. The number of nitrogens with zero attached hydrogens (tertiary/aromatic N) is 1. The lowest BCUT2D eigenvalue weighted by molar-refractivity contribution is 0.299. The number of thiocarbonyl (C=S) groups is 1. The van der Waals surface area contributed by atoms with E-state index in [1.54, 1.807) is 0 Å². The summed E-state index contributed by atoms with van der Waals surface area (Å²) in [6, 6.07) is 0. The van der Waals surface area contributed by atoms with E-state index in [1.165, 1.54) is 0 Å². The highest BCUT2D eigenvalue weighted by molar-refractivity contribution is 7.80. The van der Waals surface area contributed by atoms with Crippen LogP contribution in [-0.2, 0) is 0 Å². The fourth-order valence-corrected chi connectivity index (χ4v) is 0.701. The lowest BCUT2D eigenvalue weighted by atomic mass is 10.5. The summed E-state index contributed by atoms with van der Waals surface area (Å²) in [7, 11) is 0. The first-order valence-corrected chi connectivity index (χ1v) is 3.87. The summed E-state index contributed by atoms with van der Waals surface area (Å²) in [5, 5.41) is 3.25. The molecule has 0 atom stereocenters. The highest BCUT2D eigenvalue weighted by Crippen LogP contribution is 1.81. The molecule has 3 nitrogen and oxygen atoms in total. The molecule has 0 spiro atoms. The van der Waals surface area contributed by atoms with Crippen LogP contribution >= 0.6 is 12.2 Å². The van der Waals surface area contributed by atoms with Gasteiger partial charge in [-0.2, -0.15) is 0 Å². The summed E-state index contributed by atoms with van der Waals surface area (Å²) >= 11 is 4.65. The lowest BCUT2D eigenvalue weighted by Gasteiger charge is -2.18. The molecule has 0 saturated carbocycles. The smallest absolute Gasteiger partial charge is 0.164 e. The van der Waals surface area contributed by atoms with Crippen LogP contribution in [0.5, 0.6) is 0 Å². The summed E-state index contributed by atoms with van der Waals surface area (Å²) in [4.78, 5) is 2.19. The molecule has 0 amide bonds. The Bertz CT molecular complexity index is 101. The third kappa shape index (κ3) is 4.52. The molecule has 0 rings (SSSR count). The molecule has 3 N–H and O–H groups in total. The van der Waals surface area contributed by atoms with E-state index in [4.69, 9.17) is 5.73 Å². The van der Waals surface area contributed by atoms with Gasteiger partial charge in [0.1, 0.15) is 0 Å². The summed E-state index contributed by atoms with van der Waals surface area (Å²) in [5.41, 5.74) is 5.24. The third-order valence-corrected chi connectivity index (χ3v) is 1.52. The van der Waals surface area contributed by atoms with Gasteiger partial charge in [0.25, 0.3) is 0 Å². The Morgan fingerprint density at radius 3 is 2.30 bits per heavy atom. The molecule has 0 unspecified atom stereocenters. The Kier molecular flexibility index (Phi) is 5.25. The lowest BCUT2D eigenvalue weighted by Crippen LogP contribution is -2.39. The Morgan fingerprint density at radius 2 is 2.00 bits per heavy atom. The average Bonchev–Trinajstić information content (AvgIpc) is 1.90. The van der Waals surface area contributed by atoms with Gasteiger partial charge >= 0.3 is 0 Å². The maximum Gasteiger partial charge on any atom is 0.164 e. The Balaban J connectivity index is 3.34. The molecule has 0 radical (unpaired) electrons. The minimum absolute atomic E-state index is 0.368. The zero-order valence-electron chi connectivity index (χ0n) is 6.55. The van der Waals surface area contributed by atoms with E-state index >= 15 is 0 Å². The topological polar surface area (TPSA) is 41.3 Å². The Labute approximate surface area is 67.6 Å². The van der Waals surface area contributed by atoms with Crippen LogP contribution in [0.25, 0.3) is 0 Å². The largest absolute Gasteiger partial charge is 0.376 e. The second-order valence-electron chi connectivity index (χ2n) is 2.00. The zero-order valence-corrected chi connectivity index (χ0v) is 7.37. The van der Waals surface area contributed by atoms with Crippen molar-refractivity contribution in [2.75, 3.05) is 19.8 Å².